The summed E-state index contributed by atoms with van der Waals surface area (Å²) in [5.74, 6) is 0.0450. The van der Waals surface area contributed by atoms with Crippen molar-refractivity contribution in [2.75, 3.05) is 11.9 Å². The highest BCUT2D eigenvalue weighted by Gasteiger charge is 2.16. The number of aromatic nitrogens is 4. The summed E-state index contributed by atoms with van der Waals surface area (Å²) in [6.45, 7) is 2.50. The number of carbonyl (C=O) groups is 1. The molecule has 0 spiro atoms. The van der Waals surface area contributed by atoms with Gasteiger partial charge in [0.05, 0.1) is 18.4 Å². The van der Waals surface area contributed by atoms with Gasteiger partial charge in [-0.15, -0.1) is 0 Å². The predicted octanol–water partition coefficient (Wildman–Crippen LogP) is -1.42. The van der Waals surface area contributed by atoms with E-state index in [9.17, 15) is 14.7 Å². The van der Waals surface area contributed by atoms with Crippen LogP contribution in [0, 0.1) is 6.92 Å². The van der Waals surface area contributed by atoms with Crippen molar-refractivity contribution in [1.82, 2.24) is 19.4 Å². The molecule has 2 heterocycles. The van der Waals surface area contributed by atoms with Gasteiger partial charge in [0.2, 0.25) is 11.9 Å². The zero-order valence-electron chi connectivity index (χ0n) is 11.0. The molecule has 1 amide bonds. The molecule has 20 heavy (non-hydrogen) atoms. The van der Waals surface area contributed by atoms with E-state index in [0.717, 1.165) is 0 Å². The van der Waals surface area contributed by atoms with Gasteiger partial charge in [0.15, 0.2) is 5.65 Å². The van der Waals surface area contributed by atoms with Crippen molar-refractivity contribution in [1.29, 1.82) is 0 Å². The minimum atomic E-state index is -0.988. The summed E-state index contributed by atoms with van der Waals surface area (Å²) in [6.07, 6.45) is -0.928. The fourth-order valence-electron chi connectivity index (χ4n) is 1.88. The highest BCUT2D eigenvalue weighted by molar-refractivity contribution is 5.86. The number of amides is 1. The van der Waals surface area contributed by atoms with Crippen LogP contribution in [0.4, 0.5) is 5.95 Å². The maximum Gasteiger partial charge on any atom is 0.335 e. The van der Waals surface area contributed by atoms with E-state index in [-0.39, 0.29) is 23.9 Å². The Kier molecular flexibility index (Phi) is 3.81. The van der Waals surface area contributed by atoms with Gasteiger partial charge in [-0.25, -0.2) is 14.2 Å². The normalized spacial score (nSPS) is 12.6. The van der Waals surface area contributed by atoms with Crippen LogP contribution in [0.3, 0.4) is 0 Å². The van der Waals surface area contributed by atoms with Crippen molar-refractivity contribution in [2.45, 2.75) is 26.4 Å². The second kappa shape index (κ2) is 5.39. The van der Waals surface area contributed by atoms with E-state index in [1.54, 1.807) is 6.92 Å². The third kappa shape index (κ3) is 2.68. The summed E-state index contributed by atoms with van der Waals surface area (Å²) in [5.41, 5.74) is 0.123. The lowest BCUT2D eigenvalue weighted by Gasteiger charge is -2.05. The first-order chi connectivity index (χ1) is 9.42. The highest BCUT2D eigenvalue weighted by Crippen LogP contribution is 2.12. The van der Waals surface area contributed by atoms with Gasteiger partial charge in [-0.05, 0) is 6.92 Å². The van der Waals surface area contributed by atoms with Gasteiger partial charge < -0.3 is 10.2 Å². The first kappa shape index (κ1) is 14.2. The van der Waals surface area contributed by atoms with Crippen LogP contribution in [0.2, 0.25) is 0 Å². The molecule has 9 nitrogen and oxygen atoms in total. The van der Waals surface area contributed by atoms with E-state index >= 15 is 0 Å². The average molecular weight is 281 g/mol. The molecule has 0 radical (unpaired) electrons. The summed E-state index contributed by atoms with van der Waals surface area (Å²) >= 11 is 0. The first-order valence-electron chi connectivity index (χ1n) is 5.97. The molecule has 0 aromatic carbocycles. The quantitative estimate of drug-likeness (QED) is 0.543. The van der Waals surface area contributed by atoms with Crippen molar-refractivity contribution in [3.05, 3.63) is 22.0 Å². The van der Waals surface area contributed by atoms with Gasteiger partial charge in [-0.2, -0.15) is 4.98 Å². The molecule has 0 saturated carbocycles. The summed E-state index contributed by atoms with van der Waals surface area (Å²) in [4.78, 5) is 33.6. The monoisotopic (exact) mass is 281 g/mol. The zero-order chi connectivity index (χ0) is 14.9. The van der Waals surface area contributed by atoms with Crippen LogP contribution in [-0.4, -0.2) is 48.2 Å². The number of imidazole rings is 1. The highest BCUT2D eigenvalue weighted by atomic mass is 16.3. The van der Waals surface area contributed by atoms with Crippen molar-refractivity contribution in [3.8, 4) is 0 Å². The third-order valence-electron chi connectivity index (χ3n) is 2.67. The van der Waals surface area contributed by atoms with Crippen LogP contribution in [0.15, 0.2) is 4.79 Å². The number of hydrogen-bond donors (Lipinski definition) is 4. The smallest absolute Gasteiger partial charge is 0.335 e. The van der Waals surface area contributed by atoms with Crippen molar-refractivity contribution < 1.29 is 15.0 Å². The first-order valence-corrected chi connectivity index (χ1v) is 5.97. The molecule has 0 bridgehead atoms. The maximum absolute atomic E-state index is 11.9. The van der Waals surface area contributed by atoms with Gasteiger partial charge in [0.25, 0.3) is 0 Å². The molecule has 0 aliphatic rings. The Morgan fingerprint density at radius 3 is 2.80 bits per heavy atom. The number of aliphatic hydroxyl groups is 2. The molecule has 2 aromatic rings. The van der Waals surface area contributed by atoms with E-state index in [4.69, 9.17) is 5.11 Å². The minimum absolute atomic E-state index is 0.00892. The Balaban J connectivity index is 2.56. The van der Waals surface area contributed by atoms with Gasteiger partial charge in [0, 0.05) is 13.3 Å². The van der Waals surface area contributed by atoms with Gasteiger partial charge in [0.1, 0.15) is 5.82 Å². The number of anilines is 1. The van der Waals surface area contributed by atoms with Crippen LogP contribution < -0.4 is 11.0 Å². The summed E-state index contributed by atoms with van der Waals surface area (Å²) < 4.78 is 1.24. The molecule has 2 rings (SSSR count). The van der Waals surface area contributed by atoms with Crippen LogP contribution in [0.25, 0.3) is 5.65 Å². The van der Waals surface area contributed by atoms with E-state index in [1.807, 2.05) is 0 Å². The number of hydrogen-bond acceptors (Lipinski definition) is 6. The van der Waals surface area contributed by atoms with Gasteiger partial charge in [-0.1, -0.05) is 0 Å². The number of aromatic amines is 1. The maximum atomic E-state index is 11.9. The number of nitrogens with zero attached hydrogens (tertiary/aromatic N) is 3. The molecule has 0 aliphatic carbocycles. The van der Waals surface area contributed by atoms with Crippen LogP contribution >= 0.6 is 0 Å². The van der Waals surface area contributed by atoms with Crippen LogP contribution in [0.5, 0.6) is 0 Å². The largest absolute Gasteiger partial charge is 0.394 e. The van der Waals surface area contributed by atoms with E-state index in [2.05, 4.69) is 20.3 Å². The molecule has 1 unspecified atom stereocenters. The summed E-state index contributed by atoms with van der Waals surface area (Å²) in [5, 5.41) is 20.7. The Hall–Kier alpha value is -2.26. The van der Waals surface area contributed by atoms with E-state index in [1.165, 1.54) is 11.3 Å². The molecular formula is C11H15N5O4. The van der Waals surface area contributed by atoms with E-state index in [0.29, 0.717) is 11.5 Å². The molecule has 9 heteroatoms. The molecule has 0 aliphatic heterocycles. The SMILES string of the molecule is CC(=O)Nc1nc2c(CC(O)CO)nc(C)n2c(=O)[nH]1. The van der Waals surface area contributed by atoms with Gasteiger partial charge >= 0.3 is 5.69 Å². The summed E-state index contributed by atoms with van der Waals surface area (Å²) in [6, 6.07) is 0. The second-order valence-electron chi connectivity index (χ2n) is 4.38. The van der Waals surface area contributed by atoms with Crippen molar-refractivity contribution in [3.63, 3.8) is 0 Å². The standard InChI is InChI=1S/C11H15N5O4/c1-5-12-8(3-7(19)4-17)9-14-10(13-6(2)18)15-11(20)16(5)9/h7,17,19H,3-4H2,1-2H3,(H2,13,14,15,18,20). The average Bonchev–Trinajstić information content (AvgIpc) is 2.65. The lowest BCUT2D eigenvalue weighted by molar-refractivity contribution is -0.114. The molecule has 1 atom stereocenters. The Labute approximate surface area is 113 Å². The fourth-order valence-corrected chi connectivity index (χ4v) is 1.88. The molecule has 0 fully saturated rings. The van der Waals surface area contributed by atoms with Crippen LogP contribution in [-0.2, 0) is 11.2 Å². The summed E-state index contributed by atoms with van der Waals surface area (Å²) in [7, 11) is 0. The molecule has 2 aromatic heterocycles. The number of nitrogens with one attached hydrogen (secondary N) is 2. The predicted molar refractivity (Wildman–Crippen MR) is 69.4 cm³/mol. The number of aryl methyl sites for hydroxylation is 1. The third-order valence-corrected chi connectivity index (χ3v) is 2.67. The minimum Gasteiger partial charge on any atom is -0.394 e. The molecule has 4 N–H and O–H groups in total. The number of aliphatic hydroxyl groups excluding tert-OH is 2. The van der Waals surface area contributed by atoms with Crippen molar-refractivity contribution >= 4 is 17.5 Å². The fraction of sp³-hybridized carbons (Fsp3) is 0.455. The van der Waals surface area contributed by atoms with Gasteiger partial charge in [-0.3, -0.25) is 15.1 Å². The Bertz CT molecular complexity index is 705. The number of H-pyrrole nitrogens is 1. The topological polar surface area (TPSA) is 133 Å². The number of fused-ring (bicyclic) bond motifs is 1. The Morgan fingerprint density at radius 2 is 2.20 bits per heavy atom. The lowest BCUT2D eigenvalue weighted by atomic mass is 10.2. The van der Waals surface area contributed by atoms with Crippen LogP contribution in [0.1, 0.15) is 18.4 Å². The second-order valence-corrected chi connectivity index (χ2v) is 4.38. The van der Waals surface area contributed by atoms with Crippen molar-refractivity contribution in [2.24, 2.45) is 0 Å². The number of rotatable bonds is 4. The molecular weight excluding hydrogens is 266 g/mol. The Morgan fingerprint density at radius 1 is 1.50 bits per heavy atom. The zero-order valence-corrected chi connectivity index (χ0v) is 11.0. The number of carbonyl (C=O) groups excluding carboxylic acids is 1. The van der Waals surface area contributed by atoms with E-state index < -0.39 is 18.4 Å². The molecule has 108 valence electrons. The lowest BCUT2D eigenvalue weighted by Crippen LogP contribution is -2.22. The molecule has 0 saturated heterocycles.